The van der Waals surface area contributed by atoms with E-state index in [0.717, 1.165) is 21.3 Å². The van der Waals surface area contributed by atoms with Crippen molar-refractivity contribution in [1.82, 2.24) is 0 Å². The molecule has 1 aromatic rings. The van der Waals surface area contributed by atoms with Gasteiger partial charge in [-0.15, -0.1) is 23.5 Å². The molecule has 3 nitrogen and oxygen atoms in total. The van der Waals surface area contributed by atoms with Crippen molar-refractivity contribution in [3.63, 3.8) is 0 Å². The van der Waals surface area contributed by atoms with E-state index in [9.17, 15) is 4.79 Å². The Bertz CT molecular complexity index is 516. The van der Waals surface area contributed by atoms with Gasteiger partial charge in [0.2, 0.25) is 5.90 Å². The first-order valence-corrected chi connectivity index (χ1v) is 8.09. The molecule has 0 fully saturated rings. The highest BCUT2D eigenvalue weighted by Gasteiger charge is 2.27. The van der Waals surface area contributed by atoms with Gasteiger partial charge in [-0.1, -0.05) is 32.0 Å². The highest BCUT2D eigenvalue weighted by atomic mass is 32.2. The lowest BCUT2D eigenvalue weighted by Gasteiger charge is -2.03. The summed E-state index contributed by atoms with van der Waals surface area (Å²) in [5.74, 6) is 1.87. The topological polar surface area (TPSA) is 38.7 Å². The van der Waals surface area contributed by atoms with Crippen LogP contribution in [-0.2, 0) is 9.53 Å². The lowest BCUT2D eigenvalue weighted by molar-refractivity contribution is -0.130. The Balaban J connectivity index is 2.34. The summed E-state index contributed by atoms with van der Waals surface area (Å²) in [7, 11) is 0. The molecule has 100 valence electrons. The molecule has 0 spiro atoms. The second-order valence-electron chi connectivity index (χ2n) is 3.67. The van der Waals surface area contributed by atoms with Crippen LogP contribution in [0, 0.1) is 0 Å². The minimum atomic E-state index is -0.351. The Morgan fingerprint density at radius 1 is 1.16 bits per heavy atom. The third-order valence-corrected chi connectivity index (χ3v) is 4.56. The molecule has 0 saturated heterocycles. The van der Waals surface area contributed by atoms with Gasteiger partial charge in [0.25, 0.3) is 0 Å². The van der Waals surface area contributed by atoms with Crippen molar-refractivity contribution in [2.75, 3.05) is 11.5 Å². The summed E-state index contributed by atoms with van der Waals surface area (Å²) >= 11 is 3.27. The van der Waals surface area contributed by atoms with Crippen molar-refractivity contribution >= 4 is 35.4 Å². The highest BCUT2D eigenvalue weighted by molar-refractivity contribution is 8.22. The number of rotatable bonds is 5. The fourth-order valence-corrected chi connectivity index (χ4v) is 3.68. The van der Waals surface area contributed by atoms with Gasteiger partial charge in [0, 0.05) is 5.56 Å². The molecular formula is C14H15NO2S2. The Kier molecular flexibility index (Phi) is 5.10. The molecule has 1 aliphatic rings. The number of hydrogen-bond acceptors (Lipinski definition) is 5. The van der Waals surface area contributed by atoms with Crippen molar-refractivity contribution in [3.8, 4) is 0 Å². The van der Waals surface area contributed by atoms with Crippen LogP contribution in [0.2, 0.25) is 0 Å². The van der Waals surface area contributed by atoms with Gasteiger partial charge in [-0.25, -0.2) is 9.79 Å². The molecule has 0 unspecified atom stereocenters. The van der Waals surface area contributed by atoms with Crippen LogP contribution in [0.4, 0.5) is 0 Å². The molecule has 0 amide bonds. The van der Waals surface area contributed by atoms with Crippen molar-refractivity contribution in [2.45, 2.75) is 13.8 Å². The lowest BCUT2D eigenvalue weighted by Crippen LogP contribution is -2.05. The Labute approximate surface area is 121 Å². The molecule has 0 saturated carbocycles. The predicted molar refractivity (Wildman–Crippen MR) is 82.4 cm³/mol. The molecule has 19 heavy (non-hydrogen) atoms. The summed E-state index contributed by atoms with van der Waals surface area (Å²) in [4.78, 5) is 16.3. The van der Waals surface area contributed by atoms with Gasteiger partial charge in [-0.2, -0.15) is 0 Å². The first kappa shape index (κ1) is 14.2. The predicted octanol–water partition coefficient (Wildman–Crippen LogP) is 3.67. The maximum Gasteiger partial charge on any atom is 0.365 e. The van der Waals surface area contributed by atoms with E-state index in [1.165, 1.54) is 0 Å². The summed E-state index contributed by atoms with van der Waals surface area (Å²) in [6.45, 7) is 4.12. The second kappa shape index (κ2) is 6.82. The van der Waals surface area contributed by atoms with Gasteiger partial charge in [0.15, 0.2) is 5.70 Å². The average molecular weight is 293 g/mol. The number of aliphatic imine (C=N–C) groups is 1. The van der Waals surface area contributed by atoms with E-state index in [4.69, 9.17) is 4.74 Å². The molecule has 0 atom stereocenters. The van der Waals surface area contributed by atoms with Gasteiger partial charge in [-0.05, 0) is 23.6 Å². The molecule has 1 aliphatic heterocycles. The normalized spacial score (nSPS) is 14.3. The number of carbonyl (C=O) groups is 1. The number of benzene rings is 1. The first-order chi connectivity index (χ1) is 9.26. The van der Waals surface area contributed by atoms with Gasteiger partial charge >= 0.3 is 5.97 Å². The second-order valence-corrected chi connectivity index (χ2v) is 6.48. The largest absolute Gasteiger partial charge is 0.402 e. The number of hydrogen-bond donors (Lipinski definition) is 0. The van der Waals surface area contributed by atoms with E-state index in [-0.39, 0.29) is 5.97 Å². The Morgan fingerprint density at radius 2 is 1.79 bits per heavy atom. The van der Waals surface area contributed by atoms with E-state index >= 15 is 0 Å². The number of esters is 1. The van der Waals surface area contributed by atoms with E-state index in [2.05, 4.69) is 18.8 Å². The van der Waals surface area contributed by atoms with Crippen LogP contribution in [0.3, 0.4) is 0 Å². The van der Waals surface area contributed by atoms with Crippen LogP contribution in [0.5, 0.6) is 0 Å². The summed E-state index contributed by atoms with van der Waals surface area (Å²) in [6.07, 6.45) is 0. The molecular weight excluding hydrogens is 278 g/mol. The van der Waals surface area contributed by atoms with Crippen molar-refractivity contribution < 1.29 is 9.53 Å². The fraction of sp³-hybridized carbons (Fsp3) is 0.286. The number of carbonyl (C=O) groups excluding carboxylic acids is 1. The smallest absolute Gasteiger partial charge is 0.365 e. The first-order valence-electron chi connectivity index (χ1n) is 6.12. The van der Waals surface area contributed by atoms with E-state index in [0.29, 0.717) is 11.6 Å². The van der Waals surface area contributed by atoms with E-state index in [1.54, 1.807) is 23.5 Å². The van der Waals surface area contributed by atoms with E-state index in [1.807, 2.05) is 30.3 Å². The summed E-state index contributed by atoms with van der Waals surface area (Å²) < 4.78 is 6.21. The molecule has 1 aromatic carbocycles. The van der Waals surface area contributed by atoms with Crippen molar-refractivity contribution in [2.24, 2.45) is 4.99 Å². The van der Waals surface area contributed by atoms with Crippen molar-refractivity contribution in [1.29, 1.82) is 0 Å². The molecule has 0 bridgehead atoms. The molecule has 0 N–H and O–H groups in total. The molecule has 2 rings (SSSR count). The Hall–Kier alpha value is -1.20. The van der Waals surface area contributed by atoms with Gasteiger partial charge in [0.1, 0.15) is 0 Å². The van der Waals surface area contributed by atoms with Crippen LogP contribution in [0.15, 0.2) is 45.3 Å². The maximum absolute atomic E-state index is 11.9. The highest BCUT2D eigenvalue weighted by Crippen LogP contribution is 2.34. The molecule has 5 heteroatoms. The maximum atomic E-state index is 11.9. The number of cyclic esters (lactones) is 1. The number of nitrogens with zero attached hydrogens (tertiary/aromatic N) is 1. The van der Waals surface area contributed by atoms with Crippen LogP contribution in [-0.4, -0.2) is 23.4 Å². The third kappa shape index (κ3) is 3.42. The number of thioether (sulfide) groups is 2. The Morgan fingerprint density at radius 3 is 2.37 bits per heavy atom. The van der Waals surface area contributed by atoms with Gasteiger partial charge in [-0.3, -0.25) is 0 Å². The van der Waals surface area contributed by atoms with Crippen LogP contribution in [0.1, 0.15) is 19.4 Å². The van der Waals surface area contributed by atoms with Crippen LogP contribution in [0.25, 0.3) is 0 Å². The summed E-state index contributed by atoms with van der Waals surface area (Å²) in [6, 6.07) is 9.48. The third-order valence-electron chi connectivity index (χ3n) is 2.36. The molecule has 0 aromatic heterocycles. The van der Waals surface area contributed by atoms with E-state index < -0.39 is 0 Å². The number of ether oxygens (including phenoxy) is 1. The summed E-state index contributed by atoms with van der Waals surface area (Å²) in [5, 5.41) is 0. The molecule has 0 aliphatic carbocycles. The zero-order chi connectivity index (χ0) is 13.7. The molecule has 1 heterocycles. The lowest BCUT2D eigenvalue weighted by atomic mass is 10.2. The van der Waals surface area contributed by atoms with Gasteiger partial charge < -0.3 is 4.74 Å². The quantitative estimate of drug-likeness (QED) is 0.613. The monoisotopic (exact) mass is 293 g/mol. The van der Waals surface area contributed by atoms with Crippen LogP contribution >= 0.6 is 23.5 Å². The molecule has 0 radical (unpaired) electrons. The minimum Gasteiger partial charge on any atom is -0.402 e. The fourth-order valence-electron chi connectivity index (χ4n) is 1.58. The average Bonchev–Trinajstić information content (AvgIpc) is 2.82. The van der Waals surface area contributed by atoms with Crippen LogP contribution < -0.4 is 0 Å². The minimum absolute atomic E-state index is 0.351. The standard InChI is InChI=1S/C14H15NO2S2/c1-3-18-14(19-4-2)11-13(16)17-12(15-11)10-8-6-5-7-9-10/h5-9H,3-4H2,1-2H3. The SMILES string of the molecule is CCSC(SCC)=C1N=C(c2ccccc2)OC1=O. The summed E-state index contributed by atoms with van der Waals surface area (Å²) in [5.41, 5.74) is 1.27. The van der Waals surface area contributed by atoms with Crippen molar-refractivity contribution in [3.05, 3.63) is 45.8 Å². The zero-order valence-electron chi connectivity index (χ0n) is 10.9. The van der Waals surface area contributed by atoms with Gasteiger partial charge in [0.05, 0.1) is 4.24 Å². The zero-order valence-corrected chi connectivity index (χ0v) is 12.5.